The average Bonchev–Trinajstić information content (AvgIpc) is 2.79. The van der Waals surface area contributed by atoms with Gasteiger partial charge in [0.2, 0.25) is 10.0 Å². The van der Waals surface area contributed by atoms with E-state index in [9.17, 15) is 13.2 Å². The van der Waals surface area contributed by atoms with Crippen molar-refractivity contribution in [1.29, 1.82) is 0 Å². The molecule has 0 saturated carbocycles. The van der Waals surface area contributed by atoms with Crippen LogP contribution in [0.3, 0.4) is 0 Å². The number of rotatable bonds is 6. The molecule has 0 aliphatic carbocycles. The third-order valence-electron chi connectivity index (χ3n) is 4.39. The van der Waals surface area contributed by atoms with Crippen LogP contribution >= 0.6 is 0 Å². The van der Waals surface area contributed by atoms with E-state index in [-0.39, 0.29) is 23.6 Å². The number of hydrogen-bond donors (Lipinski definition) is 1. The summed E-state index contributed by atoms with van der Waals surface area (Å²) >= 11 is 0. The molecule has 2 aromatic rings. The first-order valence-electron chi connectivity index (χ1n) is 8.07. The summed E-state index contributed by atoms with van der Waals surface area (Å²) in [6.45, 7) is 7.34. The van der Waals surface area contributed by atoms with Crippen LogP contribution in [0.5, 0.6) is 0 Å². The van der Waals surface area contributed by atoms with E-state index >= 15 is 0 Å². The van der Waals surface area contributed by atoms with Crippen LogP contribution in [0.15, 0.2) is 29.2 Å². The normalized spacial score (nSPS) is 11.6. The lowest BCUT2D eigenvalue weighted by molar-refractivity contribution is 0.0521. The predicted octanol–water partition coefficient (Wildman–Crippen LogP) is 2.61. The summed E-state index contributed by atoms with van der Waals surface area (Å²) in [6.07, 6.45) is 0. The number of aryl methyl sites for hydroxylation is 1. The first-order valence-corrected chi connectivity index (χ1v) is 9.56. The molecule has 0 spiro atoms. The summed E-state index contributed by atoms with van der Waals surface area (Å²) in [6, 6.07) is 7.55. The van der Waals surface area contributed by atoms with Crippen LogP contribution in [0.2, 0.25) is 0 Å². The predicted molar refractivity (Wildman–Crippen MR) is 96.0 cm³/mol. The largest absolute Gasteiger partial charge is 0.462 e. The molecular formula is C18H24N2O4S. The molecule has 0 aliphatic heterocycles. The fraction of sp³-hybridized carbons (Fsp3) is 0.389. The van der Waals surface area contributed by atoms with Crippen molar-refractivity contribution in [1.82, 2.24) is 9.29 Å². The van der Waals surface area contributed by atoms with Crippen molar-refractivity contribution < 1.29 is 17.9 Å². The number of sulfonamides is 1. The van der Waals surface area contributed by atoms with Crippen LogP contribution in [0.1, 0.15) is 39.8 Å². The van der Waals surface area contributed by atoms with Gasteiger partial charge in [0.05, 0.1) is 6.61 Å². The molecule has 1 aromatic carbocycles. The first kappa shape index (κ1) is 19.2. The fourth-order valence-corrected chi connectivity index (χ4v) is 4.26. The quantitative estimate of drug-likeness (QED) is 0.799. The number of carbonyl (C=O) groups is 1. The van der Waals surface area contributed by atoms with Gasteiger partial charge in [0.1, 0.15) is 10.5 Å². The fourth-order valence-electron chi connectivity index (χ4n) is 2.74. The molecule has 0 radical (unpaired) electrons. The van der Waals surface area contributed by atoms with Crippen molar-refractivity contribution in [2.24, 2.45) is 7.05 Å². The summed E-state index contributed by atoms with van der Waals surface area (Å²) in [5.41, 5.74) is 3.04. The summed E-state index contributed by atoms with van der Waals surface area (Å²) in [5.74, 6) is -0.625. The van der Waals surface area contributed by atoms with Gasteiger partial charge in [0.15, 0.2) is 0 Å². The highest BCUT2D eigenvalue weighted by molar-refractivity contribution is 7.89. The van der Waals surface area contributed by atoms with Gasteiger partial charge in [0.25, 0.3) is 0 Å². The van der Waals surface area contributed by atoms with E-state index in [0.29, 0.717) is 11.4 Å². The van der Waals surface area contributed by atoms with Crippen molar-refractivity contribution in [3.05, 3.63) is 52.3 Å². The van der Waals surface area contributed by atoms with Crippen LogP contribution in [0.25, 0.3) is 0 Å². The highest BCUT2D eigenvalue weighted by Crippen LogP contribution is 2.27. The molecule has 7 heteroatoms. The van der Waals surface area contributed by atoms with Crippen LogP contribution in [0.4, 0.5) is 0 Å². The molecule has 0 atom stereocenters. The monoisotopic (exact) mass is 364 g/mol. The number of esters is 1. The standard InChI is InChI=1S/C18H24N2O4S/c1-6-24-18(21)16-13(3)20(5)14(4)17(16)25(22,23)19-11-15-10-8-7-9-12(15)2/h7-10,19H,6,11H2,1-5H3. The van der Waals surface area contributed by atoms with E-state index in [4.69, 9.17) is 4.74 Å². The Balaban J connectivity index is 2.44. The zero-order valence-corrected chi connectivity index (χ0v) is 16.0. The zero-order chi connectivity index (χ0) is 18.8. The van der Waals surface area contributed by atoms with Gasteiger partial charge in [-0.15, -0.1) is 0 Å². The maximum absolute atomic E-state index is 12.9. The Kier molecular flexibility index (Phi) is 5.69. The van der Waals surface area contributed by atoms with Crippen LogP contribution in [0, 0.1) is 20.8 Å². The van der Waals surface area contributed by atoms with Gasteiger partial charge in [-0.3, -0.25) is 0 Å². The summed E-state index contributed by atoms with van der Waals surface area (Å²) < 4.78 is 35.1. The third kappa shape index (κ3) is 3.77. The molecule has 136 valence electrons. The van der Waals surface area contributed by atoms with Crippen LogP contribution in [-0.4, -0.2) is 25.6 Å². The number of ether oxygens (including phenoxy) is 1. The van der Waals surface area contributed by atoms with Crippen molar-refractivity contribution >= 4 is 16.0 Å². The SMILES string of the molecule is CCOC(=O)c1c(S(=O)(=O)NCc2ccccc2C)c(C)n(C)c1C. The molecule has 2 rings (SSSR count). The Labute approximate surface area is 148 Å². The van der Waals surface area contributed by atoms with Crippen molar-refractivity contribution in [3.63, 3.8) is 0 Å². The van der Waals surface area contributed by atoms with E-state index in [0.717, 1.165) is 11.1 Å². The molecule has 1 N–H and O–H groups in total. The molecule has 0 saturated heterocycles. The molecule has 0 aliphatic rings. The average molecular weight is 364 g/mol. The van der Waals surface area contributed by atoms with Gasteiger partial charge in [-0.05, 0) is 38.8 Å². The number of hydrogen-bond acceptors (Lipinski definition) is 4. The highest BCUT2D eigenvalue weighted by atomic mass is 32.2. The number of nitrogens with one attached hydrogen (secondary N) is 1. The molecule has 1 heterocycles. The number of nitrogens with zero attached hydrogens (tertiary/aromatic N) is 1. The Morgan fingerprint density at radius 3 is 2.40 bits per heavy atom. The number of aromatic nitrogens is 1. The highest BCUT2D eigenvalue weighted by Gasteiger charge is 2.31. The van der Waals surface area contributed by atoms with E-state index < -0.39 is 16.0 Å². The second-order valence-electron chi connectivity index (χ2n) is 5.91. The van der Waals surface area contributed by atoms with E-state index in [1.807, 2.05) is 31.2 Å². The maximum Gasteiger partial charge on any atom is 0.341 e. The number of benzene rings is 1. The topological polar surface area (TPSA) is 77.4 Å². The van der Waals surface area contributed by atoms with Gasteiger partial charge in [-0.25, -0.2) is 17.9 Å². The van der Waals surface area contributed by atoms with Crippen LogP contribution in [-0.2, 0) is 28.4 Å². The minimum absolute atomic E-state index is 0.0143. The molecule has 0 bridgehead atoms. The lowest BCUT2D eigenvalue weighted by Crippen LogP contribution is -2.26. The Morgan fingerprint density at radius 1 is 1.16 bits per heavy atom. The van der Waals surface area contributed by atoms with Gasteiger partial charge in [0, 0.05) is 25.0 Å². The molecule has 0 fully saturated rings. The second kappa shape index (κ2) is 7.41. The molecular weight excluding hydrogens is 340 g/mol. The Hall–Kier alpha value is -2.12. The van der Waals surface area contributed by atoms with Crippen molar-refractivity contribution in [2.75, 3.05) is 6.61 Å². The second-order valence-corrected chi connectivity index (χ2v) is 7.61. The van der Waals surface area contributed by atoms with E-state index in [1.54, 1.807) is 32.4 Å². The number of carbonyl (C=O) groups excluding carboxylic acids is 1. The lowest BCUT2D eigenvalue weighted by Gasteiger charge is -2.11. The molecule has 0 amide bonds. The first-order chi connectivity index (χ1) is 11.7. The van der Waals surface area contributed by atoms with E-state index in [1.165, 1.54) is 0 Å². The van der Waals surface area contributed by atoms with E-state index in [2.05, 4.69) is 4.72 Å². The Morgan fingerprint density at radius 2 is 1.80 bits per heavy atom. The Bertz CT molecular complexity index is 898. The summed E-state index contributed by atoms with van der Waals surface area (Å²) in [7, 11) is -2.14. The lowest BCUT2D eigenvalue weighted by atomic mass is 10.1. The molecule has 6 nitrogen and oxygen atoms in total. The van der Waals surface area contributed by atoms with Gasteiger partial charge in [-0.1, -0.05) is 24.3 Å². The van der Waals surface area contributed by atoms with Crippen molar-refractivity contribution in [2.45, 2.75) is 39.1 Å². The smallest absolute Gasteiger partial charge is 0.341 e. The van der Waals surface area contributed by atoms with Gasteiger partial charge >= 0.3 is 5.97 Å². The molecule has 1 aromatic heterocycles. The van der Waals surface area contributed by atoms with Crippen LogP contribution < -0.4 is 4.72 Å². The van der Waals surface area contributed by atoms with Gasteiger partial charge in [-0.2, -0.15) is 0 Å². The molecule has 25 heavy (non-hydrogen) atoms. The minimum Gasteiger partial charge on any atom is -0.462 e. The third-order valence-corrected chi connectivity index (χ3v) is 5.95. The maximum atomic E-state index is 12.9. The minimum atomic E-state index is -3.87. The zero-order valence-electron chi connectivity index (χ0n) is 15.2. The van der Waals surface area contributed by atoms with Gasteiger partial charge < -0.3 is 9.30 Å². The van der Waals surface area contributed by atoms with Crippen molar-refractivity contribution in [3.8, 4) is 0 Å². The summed E-state index contributed by atoms with van der Waals surface area (Å²) in [5, 5.41) is 0. The molecule has 0 unspecified atom stereocenters. The summed E-state index contributed by atoms with van der Waals surface area (Å²) in [4.78, 5) is 12.3.